The van der Waals surface area contributed by atoms with Gasteiger partial charge < -0.3 is 32.2 Å². The minimum absolute atomic E-state index is 0. The Kier molecular flexibility index (Phi) is 14.1. The Morgan fingerprint density at radius 3 is 1.62 bits per heavy atom. The lowest BCUT2D eigenvalue weighted by molar-refractivity contribution is -0.936. The van der Waals surface area contributed by atoms with Crippen molar-refractivity contribution in [3.8, 4) is 0 Å². The molecular weight excluding hydrogens is 290 g/mol. The average Bonchev–Trinajstić information content (AvgIpc) is 2.53. The van der Waals surface area contributed by atoms with Gasteiger partial charge in [0.25, 0.3) is 0 Å². The molecule has 0 heterocycles. The first-order valence-electron chi connectivity index (χ1n) is 7.36. The van der Waals surface area contributed by atoms with Crippen LogP contribution in [0.15, 0.2) is 30.3 Å². The fraction of sp³-hybridized carbons (Fsp3) is 0.625. The summed E-state index contributed by atoms with van der Waals surface area (Å²) in [5, 5.41) is 24.0. The molecule has 0 aromatic heterocycles. The Labute approximate surface area is 135 Å². The molecule has 0 atom stereocenters. The number of hydrogen-bond donors (Lipinski definition) is 3. The van der Waals surface area contributed by atoms with E-state index in [9.17, 15) is 0 Å². The molecule has 3 N–H and O–H groups in total. The van der Waals surface area contributed by atoms with E-state index < -0.39 is 6.10 Å². The van der Waals surface area contributed by atoms with E-state index in [4.69, 9.17) is 15.3 Å². The molecule has 0 aliphatic carbocycles. The molecule has 4 nitrogen and oxygen atoms in total. The highest BCUT2D eigenvalue weighted by atomic mass is 35.5. The van der Waals surface area contributed by atoms with E-state index in [1.807, 2.05) is 0 Å². The molecular formula is C16H30ClNO3. The van der Waals surface area contributed by atoms with Crippen LogP contribution in [0.4, 0.5) is 0 Å². The van der Waals surface area contributed by atoms with E-state index >= 15 is 0 Å². The molecule has 5 heteroatoms. The lowest BCUT2D eigenvalue weighted by Crippen LogP contribution is -3.00. The summed E-state index contributed by atoms with van der Waals surface area (Å²) in [5.41, 5.74) is 1.46. The van der Waals surface area contributed by atoms with Crippen molar-refractivity contribution in [3.05, 3.63) is 35.9 Å². The van der Waals surface area contributed by atoms with Crippen molar-refractivity contribution in [1.82, 2.24) is 0 Å². The lowest BCUT2D eigenvalue weighted by atomic mass is 10.2. The molecule has 0 spiro atoms. The van der Waals surface area contributed by atoms with Crippen LogP contribution in [-0.2, 0) is 6.54 Å². The van der Waals surface area contributed by atoms with E-state index in [2.05, 4.69) is 51.1 Å². The van der Waals surface area contributed by atoms with Crippen LogP contribution in [0.2, 0.25) is 0 Å². The zero-order valence-electron chi connectivity index (χ0n) is 13.4. The molecule has 124 valence electrons. The van der Waals surface area contributed by atoms with Crippen LogP contribution in [0, 0.1) is 0 Å². The van der Waals surface area contributed by atoms with Gasteiger partial charge in [0.05, 0.1) is 32.8 Å². The summed E-state index contributed by atoms with van der Waals surface area (Å²) >= 11 is 0. The topological polar surface area (TPSA) is 60.7 Å². The molecule has 0 fully saturated rings. The highest BCUT2D eigenvalue weighted by molar-refractivity contribution is 5.13. The summed E-state index contributed by atoms with van der Waals surface area (Å²) in [6.07, 6.45) is -0.954. The van der Waals surface area contributed by atoms with Gasteiger partial charge in [0, 0.05) is 5.56 Å². The quantitative estimate of drug-likeness (QED) is 0.531. The predicted octanol–water partition coefficient (Wildman–Crippen LogP) is -1.60. The summed E-state index contributed by atoms with van der Waals surface area (Å²) in [6, 6.07) is 10.8. The Balaban J connectivity index is 0. The third-order valence-electron chi connectivity index (χ3n) is 3.79. The first kappa shape index (κ1) is 22.6. The van der Waals surface area contributed by atoms with E-state index in [0.717, 1.165) is 0 Å². The van der Waals surface area contributed by atoms with Crippen molar-refractivity contribution in [2.24, 2.45) is 0 Å². The van der Waals surface area contributed by atoms with E-state index in [0.29, 0.717) is 0 Å². The van der Waals surface area contributed by atoms with Crippen molar-refractivity contribution in [2.75, 3.05) is 32.8 Å². The molecule has 0 radical (unpaired) electrons. The minimum atomic E-state index is -0.954. The standard InChI is InChI=1S/C13H22N.C3H8O3.ClH/c1-4-14(5-2,6-3)12-13-10-8-7-9-11-13;4-1-3(6)2-5;/h7-11H,4-6,12H2,1-3H3;3-6H,1-2H2;1H/q+1;;/p-1. The first-order chi connectivity index (χ1) is 9.57. The summed E-state index contributed by atoms with van der Waals surface area (Å²) < 4.78 is 1.20. The van der Waals surface area contributed by atoms with Crippen molar-refractivity contribution < 1.29 is 32.2 Å². The van der Waals surface area contributed by atoms with Crippen molar-refractivity contribution in [1.29, 1.82) is 0 Å². The van der Waals surface area contributed by atoms with E-state index in [-0.39, 0.29) is 25.6 Å². The second kappa shape index (κ2) is 13.0. The van der Waals surface area contributed by atoms with E-state index in [1.54, 1.807) is 0 Å². The molecule has 1 aromatic rings. The van der Waals surface area contributed by atoms with Gasteiger partial charge in [0.1, 0.15) is 12.6 Å². The maximum atomic E-state index is 8.17. The Morgan fingerprint density at radius 1 is 0.905 bits per heavy atom. The van der Waals surface area contributed by atoms with Gasteiger partial charge in [-0.1, -0.05) is 30.3 Å². The predicted molar refractivity (Wildman–Crippen MR) is 82.2 cm³/mol. The summed E-state index contributed by atoms with van der Waals surface area (Å²) in [7, 11) is 0. The summed E-state index contributed by atoms with van der Waals surface area (Å²) in [6.45, 7) is 11.0. The number of aliphatic hydroxyl groups excluding tert-OH is 3. The zero-order valence-corrected chi connectivity index (χ0v) is 14.1. The van der Waals surface area contributed by atoms with Crippen molar-refractivity contribution in [3.63, 3.8) is 0 Å². The number of rotatable bonds is 7. The number of nitrogens with zero attached hydrogens (tertiary/aromatic N) is 1. The molecule has 1 rings (SSSR count). The van der Waals surface area contributed by atoms with Crippen LogP contribution in [0.25, 0.3) is 0 Å². The van der Waals surface area contributed by atoms with Crippen LogP contribution in [0.5, 0.6) is 0 Å². The van der Waals surface area contributed by atoms with Gasteiger partial charge in [-0.15, -0.1) is 0 Å². The summed E-state index contributed by atoms with van der Waals surface area (Å²) in [5.74, 6) is 0. The Hall–Kier alpha value is -0.650. The van der Waals surface area contributed by atoms with Crippen LogP contribution >= 0.6 is 0 Å². The number of quaternary nitrogens is 1. The number of benzene rings is 1. The van der Waals surface area contributed by atoms with Gasteiger partial charge in [-0.2, -0.15) is 0 Å². The van der Waals surface area contributed by atoms with Gasteiger partial charge in [0.2, 0.25) is 0 Å². The van der Waals surface area contributed by atoms with Crippen LogP contribution in [0.1, 0.15) is 26.3 Å². The number of aliphatic hydroxyl groups is 3. The monoisotopic (exact) mass is 319 g/mol. The maximum Gasteiger partial charge on any atom is 0.104 e. The molecule has 0 aliphatic rings. The molecule has 0 saturated heterocycles. The molecule has 1 aromatic carbocycles. The normalized spacial score (nSPS) is 10.6. The second-order valence-corrected chi connectivity index (χ2v) is 4.95. The Morgan fingerprint density at radius 2 is 1.33 bits per heavy atom. The fourth-order valence-corrected chi connectivity index (χ4v) is 2.03. The van der Waals surface area contributed by atoms with E-state index in [1.165, 1.54) is 36.2 Å². The minimum Gasteiger partial charge on any atom is -1.00 e. The molecule has 21 heavy (non-hydrogen) atoms. The SMILES string of the molecule is CC[N+](CC)(CC)Cc1ccccc1.OCC(O)CO.[Cl-]. The van der Waals surface area contributed by atoms with Gasteiger partial charge in [-0.05, 0) is 20.8 Å². The van der Waals surface area contributed by atoms with Gasteiger partial charge >= 0.3 is 0 Å². The molecule has 0 amide bonds. The third-order valence-corrected chi connectivity index (χ3v) is 3.79. The van der Waals surface area contributed by atoms with Gasteiger partial charge in [-0.3, -0.25) is 0 Å². The molecule has 0 saturated carbocycles. The maximum absolute atomic E-state index is 8.17. The number of halogens is 1. The second-order valence-electron chi connectivity index (χ2n) is 4.95. The molecule has 0 unspecified atom stereocenters. The van der Waals surface area contributed by atoms with Gasteiger partial charge in [-0.25, -0.2) is 0 Å². The van der Waals surface area contributed by atoms with Crippen LogP contribution in [-0.4, -0.2) is 58.8 Å². The highest BCUT2D eigenvalue weighted by Crippen LogP contribution is 2.13. The van der Waals surface area contributed by atoms with Crippen molar-refractivity contribution in [2.45, 2.75) is 33.4 Å². The number of hydrogen-bond acceptors (Lipinski definition) is 3. The third kappa shape index (κ3) is 9.06. The zero-order chi connectivity index (χ0) is 15.4. The largest absolute Gasteiger partial charge is 1.00 e. The molecule has 0 aliphatic heterocycles. The average molecular weight is 320 g/mol. The highest BCUT2D eigenvalue weighted by Gasteiger charge is 2.20. The van der Waals surface area contributed by atoms with Crippen molar-refractivity contribution >= 4 is 0 Å². The van der Waals surface area contributed by atoms with Crippen LogP contribution < -0.4 is 12.4 Å². The fourth-order valence-electron chi connectivity index (χ4n) is 2.03. The summed E-state index contributed by atoms with van der Waals surface area (Å²) in [4.78, 5) is 0. The lowest BCUT2D eigenvalue weighted by Gasteiger charge is -2.35. The first-order valence-corrected chi connectivity index (χ1v) is 7.36. The smallest absolute Gasteiger partial charge is 0.104 e. The van der Waals surface area contributed by atoms with Gasteiger partial charge in [0.15, 0.2) is 0 Å². The molecule has 0 bridgehead atoms. The Bertz CT molecular complexity index is 319. The van der Waals surface area contributed by atoms with Crippen LogP contribution in [0.3, 0.4) is 0 Å².